The van der Waals surface area contributed by atoms with Gasteiger partial charge in [0.25, 0.3) is 5.09 Å². The smallest absolute Gasteiger partial charge is 0.305 e. The Hall–Kier alpha value is -2.00. The van der Waals surface area contributed by atoms with Crippen LogP contribution in [0.2, 0.25) is 0 Å². The van der Waals surface area contributed by atoms with Crippen LogP contribution in [0.25, 0.3) is 0 Å². The molecule has 0 bridgehead atoms. The third-order valence-electron chi connectivity index (χ3n) is 6.21. The van der Waals surface area contributed by atoms with Gasteiger partial charge < -0.3 is 19.8 Å². The summed E-state index contributed by atoms with van der Waals surface area (Å²) in [5, 5.41) is 29.7. The molecule has 0 saturated heterocycles. The summed E-state index contributed by atoms with van der Waals surface area (Å²) in [5.74, 6) is -0.337. The highest BCUT2D eigenvalue weighted by Gasteiger charge is 2.40. The van der Waals surface area contributed by atoms with Crippen LogP contribution in [0.1, 0.15) is 90.4 Å². The minimum absolute atomic E-state index is 0.0693. The number of unbranched alkanes of at least 4 members (excludes halogenated alkanes) is 5. The Bertz CT molecular complexity index is 609. The molecule has 190 valence electrons. The van der Waals surface area contributed by atoms with E-state index in [0.717, 1.165) is 12.8 Å². The van der Waals surface area contributed by atoms with Gasteiger partial charge in [-0.2, -0.15) is 0 Å². The number of ether oxygens (including phenoxy) is 1. The number of nitrogens with zero attached hydrogens (tertiary/aromatic N) is 1. The number of hydrogen-bond acceptors (Lipinski definition) is 8. The van der Waals surface area contributed by atoms with Gasteiger partial charge in [0.15, 0.2) is 0 Å². The summed E-state index contributed by atoms with van der Waals surface area (Å²) in [5.41, 5.74) is 0. The van der Waals surface area contributed by atoms with E-state index in [2.05, 4.69) is 11.8 Å². The molecule has 1 saturated carbocycles. The largest absolute Gasteiger partial charge is 0.464 e. The predicted molar refractivity (Wildman–Crippen MR) is 123 cm³/mol. The average Bonchev–Trinajstić information content (AvgIpc) is 3.04. The normalized spacial score (nSPS) is 22.5. The highest BCUT2D eigenvalue weighted by Crippen LogP contribution is 2.38. The summed E-state index contributed by atoms with van der Waals surface area (Å²) in [6.07, 6.45) is 12.4. The van der Waals surface area contributed by atoms with E-state index in [0.29, 0.717) is 44.9 Å². The minimum Gasteiger partial charge on any atom is -0.464 e. The Morgan fingerprint density at radius 2 is 1.70 bits per heavy atom. The molecule has 9 nitrogen and oxygen atoms in total. The number of hydrogen-bond donors (Lipinski definition) is 2. The Balaban J connectivity index is 2.24. The van der Waals surface area contributed by atoms with Crippen molar-refractivity contribution in [1.29, 1.82) is 0 Å². The van der Waals surface area contributed by atoms with Crippen molar-refractivity contribution < 1.29 is 34.5 Å². The summed E-state index contributed by atoms with van der Waals surface area (Å²) in [6, 6.07) is 0. The van der Waals surface area contributed by atoms with Crippen molar-refractivity contribution in [2.24, 2.45) is 11.8 Å². The zero-order chi connectivity index (χ0) is 24.5. The number of carbonyl (C=O) groups is 2. The van der Waals surface area contributed by atoms with Crippen LogP contribution in [0.5, 0.6) is 0 Å². The molecule has 0 aliphatic heterocycles. The van der Waals surface area contributed by atoms with E-state index in [-0.39, 0.29) is 37.3 Å². The third kappa shape index (κ3) is 13.3. The van der Waals surface area contributed by atoms with Crippen molar-refractivity contribution in [2.75, 3.05) is 13.2 Å². The number of ketones is 1. The third-order valence-corrected chi connectivity index (χ3v) is 6.21. The van der Waals surface area contributed by atoms with Crippen LogP contribution in [0.3, 0.4) is 0 Å². The molecule has 2 N–H and O–H groups in total. The summed E-state index contributed by atoms with van der Waals surface area (Å²) in [6.45, 7) is 1.73. The maximum atomic E-state index is 12.2. The van der Waals surface area contributed by atoms with Gasteiger partial charge in [0.05, 0.1) is 12.2 Å². The van der Waals surface area contributed by atoms with Gasteiger partial charge in [0.2, 0.25) is 0 Å². The van der Waals surface area contributed by atoms with Crippen LogP contribution >= 0.6 is 0 Å². The monoisotopic (exact) mass is 471 g/mol. The van der Waals surface area contributed by atoms with Gasteiger partial charge in [0, 0.05) is 19.3 Å². The fourth-order valence-corrected chi connectivity index (χ4v) is 4.36. The molecule has 0 spiro atoms. The summed E-state index contributed by atoms with van der Waals surface area (Å²) < 4.78 is 4.83. The van der Waals surface area contributed by atoms with Crippen molar-refractivity contribution in [1.82, 2.24) is 0 Å². The molecule has 0 heterocycles. The van der Waals surface area contributed by atoms with Gasteiger partial charge in [-0.15, -0.1) is 10.1 Å². The molecule has 0 aromatic carbocycles. The van der Waals surface area contributed by atoms with Gasteiger partial charge >= 0.3 is 5.97 Å². The van der Waals surface area contributed by atoms with Crippen molar-refractivity contribution in [3.63, 3.8) is 0 Å². The standard InChI is InChI=1S/C24H41NO8/c1-2-3-4-5-8-11-19(26)14-15-21-20(22(27)18-23(21)28)12-9-6-7-10-13-24(29)32-16-17-33-25(30)31/h6,9,20-23,27-28H,2-5,7-8,10-18H2,1H3/b9-6-/t20-,21-,22+,23-/m1/s1. The lowest BCUT2D eigenvalue weighted by Crippen LogP contribution is -2.22. The van der Waals surface area contributed by atoms with Crippen LogP contribution in [0.4, 0.5) is 0 Å². The zero-order valence-corrected chi connectivity index (χ0v) is 19.9. The van der Waals surface area contributed by atoms with Crippen LogP contribution in [0, 0.1) is 22.0 Å². The molecule has 9 heteroatoms. The molecule has 1 aliphatic carbocycles. The molecule has 1 aliphatic rings. The fourth-order valence-electron chi connectivity index (χ4n) is 4.36. The highest BCUT2D eigenvalue weighted by atomic mass is 17.0. The average molecular weight is 472 g/mol. The van der Waals surface area contributed by atoms with Crippen LogP contribution < -0.4 is 0 Å². The number of rotatable bonds is 19. The molecule has 0 amide bonds. The Labute approximate surface area is 196 Å². The molecule has 0 radical (unpaired) electrons. The first-order chi connectivity index (χ1) is 15.8. The number of aliphatic hydroxyl groups excluding tert-OH is 2. The highest BCUT2D eigenvalue weighted by molar-refractivity contribution is 5.78. The second-order valence-corrected chi connectivity index (χ2v) is 8.82. The minimum atomic E-state index is -0.934. The molecule has 1 fully saturated rings. The zero-order valence-electron chi connectivity index (χ0n) is 19.9. The first-order valence-electron chi connectivity index (χ1n) is 12.3. The van der Waals surface area contributed by atoms with E-state index >= 15 is 0 Å². The van der Waals surface area contributed by atoms with E-state index in [4.69, 9.17) is 4.74 Å². The summed E-state index contributed by atoms with van der Waals surface area (Å²) in [4.78, 5) is 37.8. The topological polar surface area (TPSA) is 136 Å². The van der Waals surface area contributed by atoms with E-state index in [1.54, 1.807) is 0 Å². The SMILES string of the molecule is CCCCCCCC(=O)CC[C@@H]1[C@@H](C/C=C\CCCC(=O)OCCO[N+](=O)[O-])[C@@H](O)C[C@H]1O. The van der Waals surface area contributed by atoms with Gasteiger partial charge in [-0.1, -0.05) is 44.8 Å². The molecule has 4 atom stereocenters. The maximum Gasteiger partial charge on any atom is 0.305 e. The number of aliphatic hydroxyl groups is 2. The Kier molecular flexibility index (Phi) is 15.4. The number of carbonyl (C=O) groups excluding carboxylic acids is 2. The van der Waals surface area contributed by atoms with E-state index < -0.39 is 23.3 Å². The lowest BCUT2D eigenvalue weighted by molar-refractivity contribution is -0.757. The second kappa shape index (κ2) is 17.5. The fraction of sp³-hybridized carbons (Fsp3) is 0.833. The van der Waals surface area contributed by atoms with Gasteiger partial charge in [-0.05, 0) is 50.4 Å². The van der Waals surface area contributed by atoms with Crippen LogP contribution in [0.15, 0.2) is 12.2 Å². The second-order valence-electron chi connectivity index (χ2n) is 8.82. The molecule has 0 unspecified atom stereocenters. The molecule has 0 aromatic heterocycles. The Morgan fingerprint density at radius 3 is 2.42 bits per heavy atom. The van der Waals surface area contributed by atoms with Crippen molar-refractivity contribution in [2.45, 2.75) is 103 Å². The predicted octanol–water partition coefficient (Wildman–Crippen LogP) is 3.92. The maximum absolute atomic E-state index is 12.2. The van der Waals surface area contributed by atoms with Crippen molar-refractivity contribution in [3.05, 3.63) is 22.3 Å². The Morgan fingerprint density at radius 1 is 0.970 bits per heavy atom. The van der Waals surface area contributed by atoms with Crippen molar-refractivity contribution in [3.8, 4) is 0 Å². The number of Topliss-reactive ketones (excluding diaryl/α,β-unsaturated/α-hetero) is 1. The molecular weight excluding hydrogens is 430 g/mol. The van der Waals surface area contributed by atoms with Crippen LogP contribution in [-0.2, 0) is 19.2 Å². The molecule has 33 heavy (non-hydrogen) atoms. The number of esters is 1. The lowest BCUT2D eigenvalue weighted by atomic mass is 9.86. The molecular formula is C24H41NO8. The summed E-state index contributed by atoms with van der Waals surface area (Å²) >= 11 is 0. The van der Waals surface area contributed by atoms with Crippen LogP contribution in [-0.4, -0.2) is 52.5 Å². The first kappa shape index (κ1) is 29.0. The summed E-state index contributed by atoms with van der Waals surface area (Å²) in [7, 11) is 0. The number of allylic oxidation sites excluding steroid dienone is 2. The van der Waals surface area contributed by atoms with Gasteiger partial charge in [0.1, 0.15) is 19.0 Å². The lowest BCUT2D eigenvalue weighted by Gasteiger charge is -2.22. The van der Waals surface area contributed by atoms with E-state index in [1.807, 2.05) is 12.2 Å². The van der Waals surface area contributed by atoms with Crippen molar-refractivity contribution >= 4 is 11.8 Å². The molecule has 1 rings (SSSR count). The van der Waals surface area contributed by atoms with E-state index in [9.17, 15) is 29.9 Å². The quantitative estimate of drug-likeness (QED) is 0.0951. The first-order valence-corrected chi connectivity index (χ1v) is 12.3. The molecule has 0 aromatic rings. The van der Waals surface area contributed by atoms with Gasteiger partial charge in [-0.25, -0.2) is 0 Å². The van der Waals surface area contributed by atoms with E-state index in [1.165, 1.54) is 19.3 Å². The van der Waals surface area contributed by atoms with Gasteiger partial charge in [-0.3, -0.25) is 9.59 Å².